The Labute approximate surface area is 85.5 Å². The largest absolute Gasteiger partial charge is 0.469 e. The lowest BCUT2D eigenvalue weighted by Gasteiger charge is -2.12. The van der Waals surface area contributed by atoms with E-state index in [1.807, 2.05) is 0 Å². The number of carbonyl (C=O) groups excluding carboxylic acids is 1. The van der Waals surface area contributed by atoms with Crippen molar-refractivity contribution < 1.29 is 14.6 Å². The van der Waals surface area contributed by atoms with Gasteiger partial charge in [0.05, 0.1) is 19.6 Å². The van der Waals surface area contributed by atoms with Crippen molar-refractivity contribution in [2.24, 2.45) is 5.92 Å². The zero-order chi connectivity index (χ0) is 10.4. The van der Waals surface area contributed by atoms with Crippen LogP contribution in [0.3, 0.4) is 0 Å². The van der Waals surface area contributed by atoms with Crippen LogP contribution < -0.4 is 0 Å². The summed E-state index contributed by atoms with van der Waals surface area (Å²) in [6.45, 7) is 0. The zero-order valence-corrected chi connectivity index (χ0v) is 8.87. The van der Waals surface area contributed by atoms with E-state index in [4.69, 9.17) is 0 Å². The van der Waals surface area contributed by atoms with Gasteiger partial charge in [0.15, 0.2) is 0 Å². The molecule has 0 aliphatic heterocycles. The number of hydrogen-bond acceptors (Lipinski definition) is 3. The van der Waals surface area contributed by atoms with Crippen LogP contribution in [0.25, 0.3) is 0 Å². The molecule has 1 atom stereocenters. The molecule has 0 heterocycles. The van der Waals surface area contributed by atoms with Gasteiger partial charge in [-0.05, 0) is 18.8 Å². The maximum absolute atomic E-state index is 10.8. The highest BCUT2D eigenvalue weighted by Crippen LogP contribution is 2.29. The van der Waals surface area contributed by atoms with Crippen LogP contribution in [-0.4, -0.2) is 24.3 Å². The van der Waals surface area contributed by atoms with E-state index in [1.54, 1.807) is 0 Å². The Morgan fingerprint density at radius 3 is 2.71 bits per heavy atom. The van der Waals surface area contributed by atoms with Gasteiger partial charge in [0.2, 0.25) is 0 Å². The van der Waals surface area contributed by atoms with Gasteiger partial charge in [0.1, 0.15) is 0 Å². The standard InChI is InChI=1S/C11H20O3/c1-14-11(13)8-10(12)7-6-9-4-2-3-5-9/h9-10,12H,2-8H2,1H3. The Bertz CT molecular complexity index is 173. The number of methoxy groups -OCH3 is 1. The summed E-state index contributed by atoms with van der Waals surface area (Å²) in [4.78, 5) is 10.8. The second kappa shape index (κ2) is 6.02. The predicted octanol–water partition coefficient (Wildman–Crippen LogP) is 1.88. The molecule has 3 heteroatoms. The first-order chi connectivity index (χ1) is 6.72. The fraction of sp³-hybridized carbons (Fsp3) is 0.909. The second-order valence-electron chi connectivity index (χ2n) is 4.16. The monoisotopic (exact) mass is 200 g/mol. The Balaban J connectivity index is 2.07. The molecule has 0 radical (unpaired) electrons. The van der Waals surface area contributed by atoms with E-state index in [9.17, 15) is 9.90 Å². The third-order valence-electron chi connectivity index (χ3n) is 3.01. The smallest absolute Gasteiger partial charge is 0.308 e. The molecule has 3 nitrogen and oxygen atoms in total. The van der Waals surface area contributed by atoms with Crippen LogP contribution >= 0.6 is 0 Å². The summed E-state index contributed by atoms with van der Waals surface area (Å²) >= 11 is 0. The van der Waals surface area contributed by atoms with E-state index in [1.165, 1.54) is 32.8 Å². The molecule has 0 aromatic heterocycles. The number of aliphatic hydroxyl groups excluding tert-OH is 1. The van der Waals surface area contributed by atoms with Gasteiger partial charge in [-0.1, -0.05) is 25.7 Å². The number of esters is 1. The van der Waals surface area contributed by atoms with E-state index in [0.717, 1.165) is 18.8 Å². The van der Waals surface area contributed by atoms with E-state index in [0.29, 0.717) is 0 Å². The molecule has 0 bridgehead atoms. The fourth-order valence-electron chi connectivity index (χ4n) is 2.10. The Kier molecular flexibility index (Phi) is 4.94. The topological polar surface area (TPSA) is 46.5 Å². The quantitative estimate of drug-likeness (QED) is 0.689. The summed E-state index contributed by atoms with van der Waals surface area (Å²) in [7, 11) is 1.35. The van der Waals surface area contributed by atoms with Gasteiger partial charge < -0.3 is 9.84 Å². The third-order valence-corrected chi connectivity index (χ3v) is 3.01. The van der Waals surface area contributed by atoms with Crippen molar-refractivity contribution in [1.82, 2.24) is 0 Å². The molecule has 1 saturated carbocycles. The molecule has 1 aliphatic rings. The van der Waals surface area contributed by atoms with Crippen LogP contribution in [0.4, 0.5) is 0 Å². The number of carbonyl (C=O) groups is 1. The van der Waals surface area contributed by atoms with Gasteiger partial charge in [-0.15, -0.1) is 0 Å². The molecule has 0 saturated heterocycles. The molecule has 1 N–H and O–H groups in total. The van der Waals surface area contributed by atoms with Gasteiger partial charge in [-0.3, -0.25) is 4.79 Å². The summed E-state index contributed by atoms with van der Waals surface area (Å²) in [6, 6.07) is 0. The maximum atomic E-state index is 10.8. The van der Waals surface area contributed by atoms with Crippen LogP contribution in [-0.2, 0) is 9.53 Å². The minimum absolute atomic E-state index is 0.142. The number of hydrogen-bond donors (Lipinski definition) is 1. The first-order valence-electron chi connectivity index (χ1n) is 5.47. The van der Waals surface area contributed by atoms with Crippen molar-refractivity contribution in [2.45, 2.75) is 51.0 Å². The van der Waals surface area contributed by atoms with E-state index in [2.05, 4.69) is 4.74 Å². The van der Waals surface area contributed by atoms with Gasteiger partial charge in [-0.25, -0.2) is 0 Å². The number of ether oxygens (including phenoxy) is 1. The van der Waals surface area contributed by atoms with Crippen molar-refractivity contribution in [2.75, 3.05) is 7.11 Å². The Hall–Kier alpha value is -0.570. The first-order valence-corrected chi connectivity index (χ1v) is 5.47. The average Bonchev–Trinajstić information content (AvgIpc) is 2.67. The van der Waals surface area contributed by atoms with Crippen molar-refractivity contribution in [3.05, 3.63) is 0 Å². The molecule has 0 aromatic rings. The molecule has 1 rings (SSSR count). The van der Waals surface area contributed by atoms with Crippen LogP contribution in [0.5, 0.6) is 0 Å². The van der Waals surface area contributed by atoms with Crippen LogP contribution in [0.15, 0.2) is 0 Å². The van der Waals surface area contributed by atoms with Crippen molar-refractivity contribution in [3.63, 3.8) is 0 Å². The lowest BCUT2D eigenvalue weighted by molar-refractivity contribution is -0.142. The first kappa shape index (κ1) is 11.5. The lowest BCUT2D eigenvalue weighted by Crippen LogP contribution is -2.15. The third kappa shape index (κ3) is 4.09. The number of rotatable bonds is 5. The molecule has 1 fully saturated rings. The highest BCUT2D eigenvalue weighted by Gasteiger charge is 2.17. The molecule has 82 valence electrons. The molecular weight excluding hydrogens is 180 g/mol. The van der Waals surface area contributed by atoms with E-state index < -0.39 is 6.10 Å². The highest BCUT2D eigenvalue weighted by atomic mass is 16.5. The minimum Gasteiger partial charge on any atom is -0.469 e. The predicted molar refractivity (Wildman–Crippen MR) is 53.8 cm³/mol. The summed E-state index contributed by atoms with van der Waals surface area (Å²) in [6.07, 6.45) is 6.68. The average molecular weight is 200 g/mol. The van der Waals surface area contributed by atoms with Crippen molar-refractivity contribution in [3.8, 4) is 0 Å². The molecule has 0 amide bonds. The maximum Gasteiger partial charge on any atom is 0.308 e. The molecule has 1 aliphatic carbocycles. The number of aliphatic hydroxyl groups is 1. The molecule has 0 spiro atoms. The highest BCUT2D eigenvalue weighted by molar-refractivity contribution is 5.69. The minimum atomic E-state index is -0.511. The molecule has 1 unspecified atom stereocenters. The Morgan fingerprint density at radius 1 is 1.50 bits per heavy atom. The molecular formula is C11H20O3. The van der Waals surface area contributed by atoms with Crippen molar-refractivity contribution >= 4 is 5.97 Å². The fourth-order valence-corrected chi connectivity index (χ4v) is 2.10. The summed E-state index contributed by atoms with van der Waals surface area (Å²) in [5.74, 6) is 0.464. The molecule has 14 heavy (non-hydrogen) atoms. The Morgan fingerprint density at radius 2 is 2.14 bits per heavy atom. The summed E-state index contributed by atoms with van der Waals surface area (Å²) in [5.41, 5.74) is 0. The van der Waals surface area contributed by atoms with Gasteiger partial charge >= 0.3 is 5.97 Å². The van der Waals surface area contributed by atoms with Gasteiger partial charge in [0, 0.05) is 0 Å². The van der Waals surface area contributed by atoms with Crippen LogP contribution in [0.1, 0.15) is 44.9 Å². The van der Waals surface area contributed by atoms with Crippen molar-refractivity contribution in [1.29, 1.82) is 0 Å². The van der Waals surface area contributed by atoms with Gasteiger partial charge in [0.25, 0.3) is 0 Å². The summed E-state index contributed by atoms with van der Waals surface area (Å²) in [5, 5.41) is 9.51. The normalized spacial score (nSPS) is 19.6. The SMILES string of the molecule is COC(=O)CC(O)CCC1CCCC1. The second-order valence-corrected chi connectivity index (χ2v) is 4.16. The van der Waals surface area contributed by atoms with Crippen LogP contribution in [0.2, 0.25) is 0 Å². The zero-order valence-electron chi connectivity index (χ0n) is 8.87. The summed E-state index contributed by atoms with van der Waals surface area (Å²) < 4.78 is 4.49. The lowest BCUT2D eigenvalue weighted by atomic mass is 9.98. The van der Waals surface area contributed by atoms with E-state index >= 15 is 0 Å². The molecule has 0 aromatic carbocycles. The van der Waals surface area contributed by atoms with E-state index in [-0.39, 0.29) is 12.4 Å². The van der Waals surface area contributed by atoms with Gasteiger partial charge in [-0.2, -0.15) is 0 Å². The van der Waals surface area contributed by atoms with Crippen LogP contribution in [0, 0.1) is 5.92 Å².